The smallest absolute Gasteiger partial charge is 0.191 e. The van der Waals surface area contributed by atoms with Gasteiger partial charge < -0.3 is 10.6 Å². The summed E-state index contributed by atoms with van der Waals surface area (Å²) in [6, 6.07) is 8.48. The van der Waals surface area contributed by atoms with E-state index in [9.17, 15) is 0 Å². The molecule has 2 rings (SSSR count). The lowest BCUT2D eigenvalue weighted by molar-refractivity contribution is 0.825. The molecule has 0 bridgehead atoms. The molecule has 0 spiro atoms. The summed E-state index contributed by atoms with van der Waals surface area (Å²) in [7, 11) is 0. The maximum Gasteiger partial charge on any atom is 0.191 e. The summed E-state index contributed by atoms with van der Waals surface area (Å²) in [5, 5.41) is 8.72. The van der Waals surface area contributed by atoms with E-state index < -0.39 is 0 Å². The van der Waals surface area contributed by atoms with Crippen LogP contribution in [0.25, 0.3) is 0 Å². The molecule has 0 amide bonds. The zero-order chi connectivity index (χ0) is 13.5. The molecule has 0 aliphatic carbocycles. The fourth-order valence-corrected chi connectivity index (χ4v) is 3.11. The third-order valence-electron chi connectivity index (χ3n) is 2.54. The highest BCUT2D eigenvalue weighted by Gasteiger charge is 2.00. The van der Waals surface area contributed by atoms with Crippen molar-refractivity contribution in [1.82, 2.24) is 10.6 Å². The zero-order valence-corrected chi connectivity index (χ0v) is 12.9. The quantitative estimate of drug-likeness (QED) is 0.655. The molecule has 0 radical (unpaired) electrons. The van der Waals surface area contributed by atoms with Crippen LogP contribution >= 0.6 is 22.7 Å². The van der Waals surface area contributed by atoms with Gasteiger partial charge in [-0.2, -0.15) is 0 Å². The van der Waals surface area contributed by atoms with Crippen LogP contribution in [0, 0.1) is 6.92 Å². The van der Waals surface area contributed by atoms with Crippen molar-refractivity contribution in [1.29, 1.82) is 0 Å². The van der Waals surface area contributed by atoms with Crippen LogP contribution in [0.5, 0.6) is 0 Å². The maximum atomic E-state index is 4.61. The maximum absolute atomic E-state index is 4.61. The van der Waals surface area contributed by atoms with Gasteiger partial charge >= 0.3 is 0 Å². The summed E-state index contributed by atoms with van der Waals surface area (Å²) in [5.41, 5.74) is 0. The van der Waals surface area contributed by atoms with Crippen molar-refractivity contribution >= 4 is 28.6 Å². The number of rotatable bonds is 5. The van der Waals surface area contributed by atoms with E-state index in [2.05, 4.69) is 59.1 Å². The monoisotopic (exact) mass is 293 g/mol. The van der Waals surface area contributed by atoms with Crippen molar-refractivity contribution in [3.8, 4) is 0 Å². The standard InChI is InChI=1S/C14H19N3S2/c1-3-15-14(16-9-12-5-4-8-18-12)17-10-13-7-6-11(2)19-13/h4-8H,3,9-10H2,1-2H3,(H2,15,16,17). The van der Waals surface area contributed by atoms with E-state index in [1.165, 1.54) is 14.6 Å². The summed E-state index contributed by atoms with van der Waals surface area (Å²) in [5.74, 6) is 0.877. The van der Waals surface area contributed by atoms with Crippen molar-refractivity contribution in [2.45, 2.75) is 26.9 Å². The Kier molecular flexibility index (Phi) is 5.42. The van der Waals surface area contributed by atoms with Crippen LogP contribution in [0.2, 0.25) is 0 Å². The molecule has 0 saturated carbocycles. The summed E-state index contributed by atoms with van der Waals surface area (Å²) >= 11 is 3.56. The summed E-state index contributed by atoms with van der Waals surface area (Å²) in [6.45, 7) is 6.64. The second-order valence-corrected chi connectivity index (χ2v) is 6.55. The van der Waals surface area contributed by atoms with Crippen LogP contribution in [0.1, 0.15) is 21.6 Å². The molecule has 0 saturated heterocycles. The molecule has 5 heteroatoms. The Labute approximate surface area is 122 Å². The highest BCUT2D eigenvalue weighted by molar-refractivity contribution is 7.11. The van der Waals surface area contributed by atoms with Gasteiger partial charge in [0.15, 0.2) is 5.96 Å². The number of aliphatic imine (C=N–C) groups is 1. The van der Waals surface area contributed by atoms with Gasteiger partial charge in [0.2, 0.25) is 0 Å². The van der Waals surface area contributed by atoms with Gasteiger partial charge in [0, 0.05) is 21.2 Å². The van der Waals surface area contributed by atoms with Crippen LogP contribution in [0.3, 0.4) is 0 Å². The van der Waals surface area contributed by atoms with Crippen molar-refractivity contribution in [3.05, 3.63) is 44.3 Å². The first-order valence-corrected chi connectivity index (χ1v) is 8.07. The molecule has 0 fully saturated rings. The third kappa shape index (κ3) is 4.69. The van der Waals surface area contributed by atoms with Crippen LogP contribution in [-0.2, 0) is 13.1 Å². The van der Waals surface area contributed by atoms with Gasteiger partial charge in [-0.05, 0) is 37.4 Å². The van der Waals surface area contributed by atoms with Gasteiger partial charge in [0.05, 0.1) is 13.1 Å². The zero-order valence-electron chi connectivity index (χ0n) is 11.3. The molecule has 0 atom stereocenters. The Bertz CT molecular complexity index is 515. The summed E-state index contributed by atoms with van der Waals surface area (Å²) in [6.07, 6.45) is 0. The molecule has 0 aromatic carbocycles. The molecule has 2 aromatic heterocycles. The van der Waals surface area contributed by atoms with Crippen molar-refractivity contribution in [3.63, 3.8) is 0 Å². The van der Waals surface area contributed by atoms with E-state index in [1.54, 1.807) is 22.7 Å². The van der Waals surface area contributed by atoms with Crippen LogP contribution in [-0.4, -0.2) is 12.5 Å². The molecule has 2 N–H and O–H groups in total. The van der Waals surface area contributed by atoms with Crippen molar-refractivity contribution in [2.24, 2.45) is 4.99 Å². The van der Waals surface area contributed by atoms with Crippen LogP contribution < -0.4 is 10.6 Å². The van der Waals surface area contributed by atoms with E-state index in [0.29, 0.717) is 0 Å². The van der Waals surface area contributed by atoms with Crippen molar-refractivity contribution in [2.75, 3.05) is 6.54 Å². The molecule has 3 nitrogen and oxygen atoms in total. The largest absolute Gasteiger partial charge is 0.357 e. The summed E-state index contributed by atoms with van der Waals surface area (Å²) < 4.78 is 0. The van der Waals surface area contributed by atoms with Gasteiger partial charge in [-0.1, -0.05) is 6.07 Å². The lowest BCUT2D eigenvalue weighted by atomic mass is 10.4. The Morgan fingerprint density at radius 2 is 2.11 bits per heavy atom. The normalized spacial score (nSPS) is 11.6. The fourth-order valence-electron chi connectivity index (χ4n) is 1.65. The number of hydrogen-bond donors (Lipinski definition) is 2. The first-order chi connectivity index (χ1) is 9.28. The lowest BCUT2D eigenvalue weighted by Gasteiger charge is -2.10. The molecule has 2 aromatic rings. The van der Waals surface area contributed by atoms with E-state index in [-0.39, 0.29) is 0 Å². The molecule has 19 heavy (non-hydrogen) atoms. The summed E-state index contributed by atoms with van der Waals surface area (Å²) in [4.78, 5) is 8.56. The average molecular weight is 293 g/mol. The lowest BCUT2D eigenvalue weighted by Crippen LogP contribution is -2.36. The SMILES string of the molecule is CCNC(=NCc1ccc(C)s1)NCc1cccs1. The minimum atomic E-state index is 0.734. The van der Waals surface area contributed by atoms with Gasteiger partial charge in [-0.3, -0.25) is 0 Å². The molecule has 0 unspecified atom stereocenters. The second-order valence-electron chi connectivity index (χ2n) is 4.14. The van der Waals surface area contributed by atoms with E-state index in [1.807, 2.05) is 0 Å². The Morgan fingerprint density at radius 1 is 1.21 bits per heavy atom. The number of aryl methyl sites for hydroxylation is 1. The van der Waals surface area contributed by atoms with Gasteiger partial charge in [0.1, 0.15) is 0 Å². The number of nitrogens with one attached hydrogen (secondary N) is 2. The first-order valence-electron chi connectivity index (χ1n) is 6.38. The number of nitrogens with zero attached hydrogens (tertiary/aromatic N) is 1. The predicted octanol–water partition coefficient (Wildman–Crippen LogP) is 3.37. The van der Waals surface area contributed by atoms with Crippen LogP contribution in [0.15, 0.2) is 34.6 Å². The van der Waals surface area contributed by atoms with Gasteiger partial charge in [0.25, 0.3) is 0 Å². The highest BCUT2D eigenvalue weighted by Crippen LogP contribution is 2.15. The first kappa shape index (κ1) is 14.1. The fraction of sp³-hybridized carbons (Fsp3) is 0.357. The molecular weight excluding hydrogens is 274 g/mol. The molecule has 0 aliphatic rings. The molecular formula is C14H19N3S2. The van der Waals surface area contributed by atoms with E-state index >= 15 is 0 Å². The average Bonchev–Trinajstić information content (AvgIpc) is 3.04. The molecule has 2 heterocycles. The number of thiophene rings is 2. The molecule has 102 valence electrons. The second kappa shape index (κ2) is 7.31. The Morgan fingerprint density at radius 3 is 2.74 bits per heavy atom. The molecule has 0 aliphatic heterocycles. The minimum Gasteiger partial charge on any atom is -0.357 e. The Balaban J connectivity index is 1.90. The topological polar surface area (TPSA) is 36.4 Å². The van der Waals surface area contributed by atoms with Crippen LogP contribution in [0.4, 0.5) is 0 Å². The van der Waals surface area contributed by atoms with Gasteiger partial charge in [-0.25, -0.2) is 4.99 Å². The highest BCUT2D eigenvalue weighted by atomic mass is 32.1. The Hall–Kier alpha value is -1.33. The van der Waals surface area contributed by atoms with Gasteiger partial charge in [-0.15, -0.1) is 22.7 Å². The number of guanidine groups is 1. The van der Waals surface area contributed by atoms with Crippen molar-refractivity contribution < 1.29 is 0 Å². The number of hydrogen-bond acceptors (Lipinski definition) is 3. The minimum absolute atomic E-state index is 0.734. The van der Waals surface area contributed by atoms with E-state index in [4.69, 9.17) is 0 Å². The predicted molar refractivity (Wildman–Crippen MR) is 85.0 cm³/mol. The van der Waals surface area contributed by atoms with E-state index in [0.717, 1.165) is 25.6 Å². The third-order valence-corrected chi connectivity index (χ3v) is 4.41.